The van der Waals surface area contributed by atoms with E-state index in [0.717, 1.165) is 20.7 Å². The molecule has 1 atom stereocenters. The van der Waals surface area contributed by atoms with E-state index >= 15 is 0 Å². The number of amides is 2. The highest BCUT2D eigenvalue weighted by Gasteiger charge is 2.27. The summed E-state index contributed by atoms with van der Waals surface area (Å²) in [6.07, 6.45) is 1.19. The fourth-order valence-corrected chi connectivity index (χ4v) is 4.62. The second-order valence-electron chi connectivity index (χ2n) is 7.27. The van der Waals surface area contributed by atoms with E-state index < -0.39 is 0 Å². The summed E-state index contributed by atoms with van der Waals surface area (Å²) in [5.41, 5.74) is 1.12. The highest BCUT2D eigenvalue weighted by atomic mass is 79.9. The van der Waals surface area contributed by atoms with Crippen LogP contribution in [0.15, 0.2) is 57.9 Å². The average molecular weight is 491 g/mol. The van der Waals surface area contributed by atoms with E-state index in [2.05, 4.69) is 15.9 Å². The van der Waals surface area contributed by atoms with Gasteiger partial charge in [-0.25, -0.2) is 0 Å². The van der Waals surface area contributed by atoms with Gasteiger partial charge in [-0.15, -0.1) is 11.8 Å². The Morgan fingerprint density at radius 3 is 2.20 bits per heavy atom. The van der Waals surface area contributed by atoms with Gasteiger partial charge in [-0.1, -0.05) is 28.1 Å². The van der Waals surface area contributed by atoms with Crippen molar-refractivity contribution in [1.82, 2.24) is 9.80 Å². The van der Waals surface area contributed by atoms with Gasteiger partial charge in [-0.05, 0) is 55.3 Å². The topological polar surface area (TPSA) is 49.9 Å². The van der Waals surface area contributed by atoms with E-state index in [-0.39, 0.29) is 17.1 Å². The minimum absolute atomic E-state index is 0.133. The molecular weight excluding hydrogens is 464 g/mol. The lowest BCUT2D eigenvalue weighted by Gasteiger charge is -2.36. The highest BCUT2D eigenvalue weighted by molar-refractivity contribution is 9.10. The number of thioether (sulfide) groups is 1. The van der Waals surface area contributed by atoms with Crippen LogP contribution in [0.3, 0.4) is 0 Å². The largest absolute Gasteiger partial charge is 0.497 e. The first-order valence-corrected chi connectivity index (χ1v) is 11.8. The van der Waals surface area contributed by atoms with Gasteiger partial charge in [-0.2, -0.15) is 0 Å². The zero-order valence-corrected chi connectivity index (χ0v) is 19.7. The lowest BCUT2D eigenvalue weighted by Crippen LogP contribution is -2.52. The number of piperazine rings is 1. The molecule has 1 fully saturated rings. The minimum atomic E-state index is -0.150. The Bertz CT molecular complexity index is 850. The minimum Gasteiger partial charge on any atom is -0.497 e. The van der Waals surface area contributed by atoms with E-state index in [1.54, 1.807) is 18.9 Å². The molecule has 5 nitrogen and oxygen atoms in total. The van der Waals surface area contributed by atoms with Gasteiger partial charge in [0.15, 0.2) is 0 Å². The molecule has 0 N–H and O–H groups in total. The fraction of sp³-hybridized carbons (Fsp3) is 0.391. The van der Waals surface area contributed by atoms with Crippen molar-refractivity contribution in [2.45, 2.75) is 29.9 Å². The summed E-state index contributed by atoms with van der Waals surface area (Å²) in [7, 11) is 1.64. The first-order valence-electron chi connectivity index (χ1n) is 10.1. The summed E-state index contributed by atoms with van der Waals surface area (Å²) >= 11 is 5.00. The Morgan fingerprint density at radius 1 is 1.00 bits per heavy atom. The maximum Gasteiger partial charge on any atom is 0.235 e. The van der Waals surface area contributed by atoms with Gasteiger partial charge >= 0.3 is 0 Å². The van der Waals surface area contributed by atoms with E-state index in [9.17, 15) is 9.59 Å². The predicted molar refractivity (Wildman–Crippen MR) is 124 cm³/mol. The Balaban J connectivity index is 1.43. The Morgan fingerprint density at radius 2 is 1.60 bits per heavy atom. The highest BCUT2D eigenvalue weighted by Crippen LogP contribution is 2.26. The van der Waals surface area contributed by atoms with Crippen LogP contribution >= 0.6 is 27.7 Å². The van der Waals surface area contributed by atoms with Crippen LogP contribution in [0.2, 0.25) is 0 Å². The Labute approximate surface area is 190 Å². The third-order valence-corrected chi connectivity index (χ3v) is 6.83. The summed E-state index contributed by atoms with van der Waals surface area (Å²) < 4.78 is 6.19. The number of hydrogen-bond acceptors (Lipinski definition) is 4. The first-order chi connectivity index (χ1) is 14.5. The van der Waals surface area contributed by atoms with Crippen LogP contribution in [-0.2, 0) is 16.0 Å². The lowest BCUT2D eigenvalue weighted by molar-refractivity contribution is -0.139. The number of halogens is 1. The molecule has 0 saturated carbocycles. The molecule has 1 saturated heterocycles. The summed E-state index contributed by atoms with van der Waals surface area (Å²) in [6, 6.07) is 15.8. The third-order valence-electron chi connectivity index (χ3n) is 5.20. The molecule has 3 rings (SSSR count). The van der Waals surface area contributed by atoms with Gasteiger partial charge < -0.3 is 14.5 Å². The molecule has 30 heavy (non-hydrogen) atoms. The van der Waals surface area contributed by atoms with Crippen LogP contribution in [0.1, 0.15) is 18.9 Å². The molecule has 2 aromatic carbocycles. The van der Waals surface area contributed by atoms with E-state index in [0.29, 0.717) is 39.0 Å². The van der Waals surface area contributed by atoms with Crippen LogP contribution < -0.4 is 4.74 Å². The summed E-state index contributed by atoms with van der Waals surface area (Å²) in [6.45, 7) is 4.34. The van der Waals surface area contributed by atoms with E-state index in [4.69, 9.17) is 4.74 Å². The third kappa shape index (κ3) is 6.25. The molecule has 1 heterocycles. The molecule has 0 radical (unpaired) electrons. The van der Waals surface area contributed by atoms with Crippen molar-refractivity contribution >= 4 is 39.5 Å². The van der Waals surface area contributed by atoms with Gasteiger partial charge in [0.2, 0.25) is 11.8 Å². The number of carbonyl (C=O) groups is 2. The van der Waals surface area contributed by atoms with E-state index in [1.165, 1.54) is 0 Å². The van der Waals surface area contributed by atoms with Crippen molar-refractivity contribution in [3.8, 4) is 5.75 Å². The monoisotopic (exact) mass is 490 g/mol. The van der Waals surface area contributed by atoms with Gasteiger partial charge in [0.25, 0.3) is 0 Å². The van der Waals surface area contributed by atoms with Gasteiger partial charge in [0.05, 0.1) is 12.4 Å². The maximum atomic E-state index is 12.8. The SMILES string of the molecule is COc1ccc(CCC(=O)N2CCN(C(=O)C(C)Sc3ccc(Br)cc3)CC2)cc1. The number of ether oxygens (including phenoxy) is 1. The zero-order valence-electron chi connectivity index (χ0n) is 17.3. The molecule has 2 amide bonds. The number of hydrogen-bond donors (Lipinski definition) is 0. The van der Waals surface area contributed by atoms with Crippen LogP contribution in [0.5, 0.6) is 5.75 Å². The summed E-state index contributed by atoms with van der Waals surface area (Å²) in [4.78, 5) is 30.2. The standard InChI is InChI=1S/C23H27BrN2O3S/c1-17(30-21-10-6-19(24)7-11-21)23(28)26-15-13-25(14-16-26)22(27)12-5-18-3-8-20(29-2)9-4-18/h3-4,6-11,17H,5,12-16H2,1-2H3. The van der Waals surface area contributed by atoms with Gasteiger partial charge in [-0.3, -0.25) is 9.59 Å². The van der Waals surface area contributed by atoms with Gasteiger partial charge in [0.1, 0.15) is 5.75 Å². The smallest absolute Gasteiger partial charge is 0.235 e. The molecule has 0 aliphatic carbocycles. The average Bonchev–Trinajstić information content (AvgIpc) is 2.79. The van der Waals surface area contributed by atoms with Crippen molar-refractivity contribution < 1.29 is 14.3 Å². The number of carbonyl (C=O) groups excluding carboxylic acids is 2. The lowest BCUT2D eigenvalue weighted by atomic mass is 10.1. The van der Waals surface area contributed by atoms with Gasteiger partial charge in [0, 0.05) is 42.0 Å². The quantitative estimate of drug-likeness (QED) is 0.544. The molecule has 1 aliphatic rings. The van der Waals surface area contributed by atoms with Crippen molar-refractivity contribution in [3.05, 3.63) is 58.6 Å². The molecule has 160 valence electrons. The Kier molecular flexibility index (Phi) is 8.22. The summed E-state index contributed by atoms with van der Waals surface area (Å²) in [5.74, 6) is 1.10. The van der Waals surface area contributed by atoms with Crippen molar-refractivity contribution in [2.24, 2.45) is 0 Å². The van der Waals surface area contributed by atoms with Crippen LogP contribution in [0.25, 0.3) is 0 Å². The fourth-order valence-electron chi connectivity index (χ4n) is 3.40. The number of methoxy groups -OCH3 is 1. The van der Waals surface area contributed by atoms with Crippen LogP contribution in [0, 0.1) is 0 Å². The molecule has 0 bridgehead atoms. The molecule has 0 spiro atoms. The predicted octanol–water partition coefficient (Wildman–Crippen LogP) is 4.24. The maximum absolute atomic E-state index is 12.8. The molecular formula is C23H27BrN2O3S. The summed E-state index contributed by atoms with van der Waals surface area (Å²) in [5, 5.41) is -0.150. The number of benzene rings is 2. The molecule has 7 heteroatoms. The molecule has 1 aliphatic heterocycles. The second-order valence-corrected chi connectivity index (χ2v) is 9.60. The van der Waals surface area contributed by atoms with Crippen molar-refractivity contribution in [3.63, 3.8) is 0 Å². The normalized spacial score (nSPS) is 15.0. The first kappa shape index (κ1) is 22.7. The Hall–Kier alpha value is -1.99. The molecule has 0 aromatic heterocycles. The molecule has 1 unspecified atom stereocenters. The molecule has 2 aromatic rings. The van der Waals surface area contributed by atoms with Crippen LogP contribution in [0.4, 0.5) is 0 Å². The number of nitrogens with zero attached hydrogens (tertiary/aromatic N) is 2. The van der Waals surface area contributed by atoms with Crippen LogP contribution in [-0.4, -0.2) is 60.2 Å². The van der Waals surface area contributed by atoms with Crippen molar-refractivity contribution in [2.75, 3.05) is 33.3 Å². The zero-order chi connectivity index (χ0) is 21.5. The second kappa shape index (κ2) is 10.9. The number of aryl methyl sites for hydroxylation is 1. The van der Waals surface area contributed by atoms with E-state index in [1.807, 2.05) is 65.3 Å². The number of rotatable bonds is 7. The van der Waals surface area contributed by atoms with Crippen molar-refractivity contribution in [1.29, 1.82) is 0 Å².